The molecule has 0 bridgehead atoms. The molecule has 3 atom stereocenters. The quantitative estimate of drug-likeness (QED) is 0.647. The molecule has 5 heteroatoms. The lowest BCUT2D eigenvalue weighted by atomic mass is 9.70. The molecule has 1 aromatic rings. The average Bonchev–Trinajstić information content (AvgIpc) is 2.43. The van der Waals surface area contributed by atoms with Gasteiger partial charge in [-0.25, -0.2) is 0 Å². The van der Waals surface area contributed by atoms with Crippen molar-refractivity contribution in [2.24, 2.45) is 11.8 Å². The van der Waals surface area contributed by atoms with Crippen LogP contribution < -0.4 is 11.3 Å². The molecule has 0 amide bonds. The molecule has 1 aliphatic carbocycles. The van der Waals surface area contributed by atoms with E-state index >= 15 is 0 Å². The van der Waals surface area contributed by atoms with Crippen LogP contribution in [0.2, 0.25) is 10.0 Å². The molecule has 0 aliphatic heterocycles. The van der Waals surface area contributed by atoms with Crippen LogP contribution in [-0.2, 0) is 0 Å². The maximum atomic E-state index is 6.19. The van der Waals surface area contributed by atoms with Gasteiger partial charge in [0.25, 0.3) is 0 Å². The highest BCUT2D eigenvalue weighted by atomic mass is 35.5. The topological polar surface area (TPSA) is 41.3 Å². The SMILES string of the molecule is CC1CCCC(C(NN)c2ccc(Cl)c(Cl)c2)(N(C)C)C1. The second kappa shape index (κ2) is 6.84. The molecule has 0 spiro atoms. The van der Waals surface area contributed by atoms with E-state index in [2.05, 4.69) is 31.3 Å². The first-order valence-corrected chi connectivity index (χ1v) is 8.25. The molecular formula is C16H25Cl2N3. The zero-order valence-electron chi connectivity index (χ0n) is 13.0. The zero-order chi connectivity index (χ0) is 15.6. The van der Waals surface area contributed by atoms with Crippen LogP contribution in [-0.4, -0.2) is 24.5 Å². The van der Waals surface area contributed by atoms with E-state index in [1.54, 1.807) is 0 Å². The Labute approximate surface area is 137 Å². The fraction of sp³-hybridized carbons (Fsp3) is 0.625. The number of nitrogens with one attached hydrogen (secondary N) is 1. The maximum absolute atomic E-state index is 6.19. The number of nitrogens with zero attached hydrogens (tertiary/aromatic N) is 1. The fourth-order valence-electron chi connectivity index (χ4n) is 3.74. The van der Waals surface area contributed by atoms with Crippen LogP contribution in [0.5, 0.6) is 0 Å². The van der Waals surface area contributed by atoms with Gasteiger partial charge < -0.3 is 4.90 Å². The van der Waals surface area contributed by atoms with Crippen LogP contribution in [0.3, 0.4) is 0 Å². The lowest BCUT2D eigenvalue weighted by Gasteiger charge is -2.50. The van der Waals surface area contributed by atoms with Crippen molar-refractivity contribution in [2.75, 3.05) is 14.1 Å². The largest absolute Gasteiger partial charge is 0.302 e. The van der Waals surface area contributed by atoms with Crippen molar-refractivity contribution < 1.29 is 0 Å². The highest BCUT2D eigenvalue weighted by Gasteiger charge is 2.44. The summed E-state index contributed by atoms with van der Waals surface area (Å²) in [6.45, 7) is 2.32. The molecule has 21 heavy (non-hydrogen) atoms. The summed E-state index contributed by atoms with van der Waals surface area (Å²) in [6, 6.07) is 5.83. The monoisotopic (exact) mass is 329 g/mol. The van der Waals surface area contributed by atoms with Gasteiger partial charge in [-0.05, 0) is 50.6 Å². The zero-order valence-corrected chi connectivity index (χ0v) is 14.5. The van der Waals surface area contributed by atoms with Crippen LogP contribution in [0.25, 0.3) is 0 Å². The van der Waals surface area contributed by atoms with Gasteiger partial charge in [-0.2, -0.15) is 0 Å². The number of halogens is 2. The minimum absolute atomic E-state index is 0.00355. The molecule has 0 saturated heterocycles. The molecule has 118 valence electrons. The Bertz CT molecular complexity index is 492. The molecule has 1 fully saturated rings. The predicted molar refractivity (Wildman–Crippen MR) is 90.6 cm³/mol. The molecular weight excluding hydrogens is 305 g/mol. The number of rotatable bonds is 4. The predicted octanol–water partition coefficient (Wildman–Crippen LogP) is 4.01. The van der Waals surface area contributed by atoms with Crippen molar-refractivity contribution in [1.29, 1.82) is 0 Å². The molecule has 2 rings (SSSR count). The number of hydrogen-bond donors (Lipinski definition) is 2. The molecule has 1 aromatic carbocycles. The van der Waals surface area contributed by atoms with Gasteiger partial charge >= 0.3 is 0 Å². The van der Waals surface area contributed by atoms with E-state index in [-0.39, 0.29) is 11.6 Å². The second-order valence-corrected chi connectivity index (χ2v) is 7.29. The summed E-state index contributed by atoms with van der Waals surface area (Å²) in [5, 5.41) is 1.15. The van der Waals surface area contributed by atoms with Gasteiger partial charge in [-0.1, -0.05) is 49.0 Å². The lowest BCUT2D eigenvalue weighted by molar-refractivity contribution is 0.0366. The molecule has 0 heterocycles. The van der Waals surface area contributed by atoms with Gasteiger partial charge in [0.2, 0.25) is 0 Å². The van der Waals surface area contributed by atoms with Crippen molar-refractivity contribution in [3.63, 3.8) is 0 Å². The van der Waals surface area contributed by atoms with E-state index in [1.165, 1.54) is 12.8 Å². The lowest BCUT2D eigenvalue weighted by Crippen LogP contribution is -2.57. The number of hydrogen-bond acceptors (Lipinski definition) is 3. The summed E-state index contributed by atoms with van der Waals surface area (Å²) in [5.41, 5.74) is 4.13. The van der Waals surface area contributed by atoms with Gasteiger partial charge in [0.05, 0.1) is 16.1 Å². The van der Waals surface area contributed by atoms with E-state index in [0.29, 0.717) is 16.0 Å². The van der Waals surface area contributed by atoms with E-state index < -0.39 is 0 Å². The van der Waals surface area contributed by atoms with Crippen molar-refractivity contribution in [2.45, 2.75) is 44.2 Å². The Morgan fingerprint density at radius 3 is 2.57 bits per heavy atom. The third kappa shape index (κ3) is 3.38. The van der Waals surface area contributed by atoms with Gasteiger partial charge in [-0.15, -0.1) is 0 Å². The fourth-order valence-corrected chi connectivity index (χ4v) is 4.05. The third-order valence-electron chi connectivity index (χ3n) is 4.88. The molecule has 3 nitrogen and oxygen atoms in total. The van der Waals surface area contributed by atoms with E-state index in [1.807, 2.05) is 18.2 Å². The third-order valence-corrected chi connectivity index (χ3v) is 5.62. The van der Waals surface area contributed by atoms with Gasteiger partial charge in [-0.3, -0.25) is 11.3 Å². The van der Waals surface area contributed by atoms with Gasteiger partial charge in [0.1, 0.15) is 0 Å². The summed E-state index contributed by atoms with van der Waals surface area (Å²) in [5.74, 6) is 6.63. The molecule has 0 radical (unpaired) electrons. The summed E-state index contributed by atoms with van der Waals surface area (Å²) in [6.07, 6.45) is 4.75. The molecule has 0 aromatic heterocycles. The van der Waals surface area contributed by atoms with Crippen molar-refractivity contribution in [1.82, 2.24) is 10.3 Å². The first kappa shape index (κ1) is 17.0. The summed E-state index contributed by atoms with van der Waals surface area (Å²) >= 11 is 12.2. The van der Waals surface area contributed by atoms with Crippen LogP contribution >= 0.6 is 23.2 Å². The highest BCUT2D eigenvalue weighted by Crippen LogP contribution is 2.44. The van der Waals surface area contributed by atoms with Crippen LogP contribution in [0.1, 0.15) is 44.2 Å². The van der Waals surface area contributed by atoms with Crippen molar-refractivity contribution in [3.05, 3.63) is 33.8 Å². The van der Waals surface area contributed by atoms with Crippen molar-refractivity contribution in [3.8, 4) is 0 Å². The minimum atomic E-state index is 0.00355. The summed E-state index contributed by atoms with van der Waals surface area (Å²) in [7, 11) is 4.28. The average molecular weight is 330 g/mol. The Hall–Kier alpha value is -0.320. The second-order valence-electron chi connectivity index (χ2n) is 6.47. The molecule has 1 aliphatic rings. The number of nitrogens with two attached hydrogens (primary N) is 1. The molecule has 1 saturated carbocycles. The first-order valence-electron chi connectivity index (χ1n) is 7.49. The first-order chi connectivity index (χ1) is 9.90. The summed E-state index contributed by atoms with van der Waals surface area (Å²) < 4.78 is 0. The Morgan fingerprint density at radius 2 is 2.05 bits per heavy atom. The maximum Gasteiger partial charge on any atom is 0.0644 e. The van der Waals surface area contributed by atoms with Crippen molar-refractivity contribution >= 4 is 23.2 Å². The van der Waals surface area contributed by atoms with Gasteiger partial charge in [0, 0.05) is 5.54 Å². The van der Waals surface area contributed by atoms with E-state index in [9.17, 15) is 0 Å². The van der Waals surface area contributed by atoms with Crippen LogP contribution in [0, 0.1) is 5.92 Å². The molecule has 3 N–H and O–H groups in total. The van der Waals surface area contributed by atoms with Crippen LogP contribution in [0.15, 0.2) is 18.2 Å². The van der Waals surface area contributed by atoms with Gasteiger partial charge in [0.15, 0.2) is 0 Å². The van der Waals surface area contributed by atoms with Crippen LogP contribution in [0.4, 0.5) is 0 Å². The normalized spacial score (nSPS) is 27.9. The van der Waals surface area contributed by atoms with E-state index in [4.69, 9.17) is 29.0 Å². The Morgan fingerprint density at radius 1 is 1.33 bits per heavy atom. The smallest absolute Gasteiger partial charge is 0.0644 e. The number of likely N-dealkylation sites (N-methyl/N-ethyl adjacent to an activating group) is 1. The molecule has 3 unspecified atom stereocenters. The number of benzene rings is 1. The summed E-state index contributed by atoms with van der Waals surface area (Å²) in [4.78, 5) is 2.32. The minimum Gasteiger partial charge on any atom is -0.302 e. The number of hydrazine groups is 1. The Kier molecular flexibility index (Phi) is 5.55. The van der Waals surface area contributed by atoms with E-state index in [0.717, 1.165) is 18.4 Å². The standard InChI is InChI=1S/C16H25Cl2N3/c1-11-5-4-8-16(10-11,21(2)3)15(20-19)12-6-7-13(17)14(18)9-12/h6-7,9,11,15,20H,4-5,8,10,19H2,1-3H3. The highest BCUT2D eigenvalue weighted by molar-refractivity contribution is 6.42. The Balaban J connectivity index is 2.42.